The molecular weight excluding hydrogens is 1780 g/mol. The number of nitrogens with one attached hydrogen (secondary N) is 6. The summed E-state index contributed by atoms with van der Waals surface area (Å²) in [5.41, 5.74) is 9.01. The number of piperazine rings is 2. The molecule has 0 unspecified atom stereocenters. The average Bonchev–Trinajstić information content (AvgIpc) is 0.760. The number of phenols is 2. The van der Waals surface area contributed by atoms with Crippen molar-refractivity contribution < 1.29 is 72.7 Å². The summed E-state index contributed by atoms with van der Waals surface area (Å²) in [5.74, 6) is -0.214. The summed E-state index contributed by atoms with van der Waals surface area (Å²) < 4.78 is 18.6. The first kappa shape index (κ1) is 87.6. The number of carboxylic acids is 1. The zero-order chi connectivity index (χ0) is 84.0. The van der Waals surface area contributed by atoms with Crippen LogP contribution >= 0.6 is 63.7 Å². The lowest BCUT2D eigenvalue weighted by Gasteiger charge is -2.43. The van der Waals surface area contributed by atoms with Crippen molar-refractivity contribution in [2.75, 3.05) is 125 Å². The number of aliphatic carboxylic acids is 1. The first-order valence-electron chi connectivity index (χ1n) is 39.7. The highest BCUT2D eigenvalue weighted by molar-refractivity contribution is 9.11. The number of pyridine rings is 4. The van der Waals surface area contributed by atoms with E-state index in [1.807, 2.05) is 67.0 Å². The van der Waals surface area contributed by atoms with Crippen LogP contribution in [0.4, 0.5) is 47.0 Å². The van der Waals surface area contributed by atoms with Crippen LogP contribution in [-0.4, -0.2) is 248 Å². The van der Waals surface area contributed by atoms with Crippen LogP contribution < -0.4 is 47.4 Å². The number of carbonyl (C=O) groups is 9. The van der Waals surface area contributed by atoms with Crippen molar-refractivity contribution in [2.24, 2.45) is 17.6 Å². The molecule has 12 heterocycles. The fraction of sp³-hybridized carbons (Fsp3) is 0.494. The van der Waals surface area contributed by atoms with Crippen molar-refractivity contribution in [1.82, 2.24) is 65.7 Å². The van der Waals surface area contributed by atoms with Gasteiger partial charge in [-0.1, -0.05) is 0 Å². The summed E-state index contributed by atoms with van der Waals surface area (Å²) in [5, 5.41) is 47.1. The third-order valence-electron chi connectivity index (χ3n) is 22.6. The van der Waals surface area contributed by atoms with E-state index in [2.05, 4.69) is 125 Å². The molecule has 33 nitrogen and oxygen atoms in total. The SMILES string of the molecule is CC(C)(C)OC(=O)N1CCC(C[C@H](N)C(=O)N2CCN(c3ccncc3)CC2)CC1.O=C1Nc2ncccc2C2(CCN(C(=O)N[C@H](Cc3cc(Br)c(O)c(Br)c3)C(=O)N[C@@H](CC3CCNCC3)C(=O)N3CCN(c4ccncc4)CC3)CC2)O1.O=C1Nc2ncccc2C2(CCN(C(=O)N[C@H](Cc3cc(Br)c(O)c(Br)c3)C(=O)O)CC2)O1. The van der Waals surface area contributed by atoms with Gasteiger partial charge in [0.2, 0.25) is 17.7 Å². The number of halogens is 4. The van der Waals surface area contributed by atoms with Crippen LogP contribution in [0.25, 0.3) is 0 Å². The van der Waals surface area contributed by atoms with Gasteiger partial charge in [0, 0.05) is 190 Å². The maximum atomic E-state index is 14.4. The number of carboxylic acid groups (broad SMARTS) is 1. The van der Waals surface area contributed by atoms with Gasteiger partial charge in [0.05, 0.1) is 23.9 Å². The van der Waals surface area contributed by atoms with Gasteiger partial charge >= 0.3 is 36.3 Å². The van der Waals surface area contributed by atoms with E-state index in [4.69, 9.17) is 19.9 Å². The number of aromatic hydroxyl groups is 2. The lowest BCUT2D eigenvalue weighted by molar-refractivity contribution is -0.139. The Kier molecular flexibility index (Phi) is 29.3. The van der Waals surface area contributed by atoms with Crippen molar-refractivity contribution in [2.45, 2.75) is 139 Å². The van der Waals surface area contributed by atoms with Gasteiger partial charge in [-0.25, -0.2) is 38.7 Å². The van der Waals surface area contributed by atoms with Gasteiger partial charge in [-0.15, -0.1) is 0 Å². The quantitative estimate of drug-likeness (QED) is 0.0380. The van der Waals surface area contributed by atoms with Crippen LogP contribution in [0.2, 0.25) is 0 Å². The molecule has 0 radical (unpaired) electrons. The highest BCUT2D eigenvalue weighted by atomic mass is 79.9. The van der Waals surface area contributed by atoms with E-state index in [0.717, 1.165) is 74.4 Å². The highest BCUT2D eigenvalue weighted by Crippen LogP contribution is 2.45. The molecule has 632 valence electrons. The van der Waals surface area contributed by atoms with Crippen LogP contribution in [0.15, 0.2) is 128 Å². The minimum atomic E-state index is -1.18. The summed E-state index contributed by atoms with van der Waals surface area (Å²) in [6.45, 7) is 15.0. The molecule has 37 heteroatoms. The number of phenolic OH excluding ortho intramolecular Hbond substituents is 2. The van der Waals surface area contributed by atoms with Gasteiger partial charge in [-0.2, -0.15) is 0 Å². The molecule has 6 fully saturated rings. The Hall–Kier alpha value is -9.69. The predicted octanol–water partition coefficient (Wildman–Crippen LogP) is 9.77. The van der Waals surface area contributed by atoms with E-state index in [9.17, 15) is 58.5 Å². The Labute approximate surface area is 717 Å². The molecule has 2 spiro atoms. The summed E-state index contributed by atoms with van der Waals surface area (Å²) in [6, 6.07) is 17.3. The number of fused-ring (bicyclic) bond motifs is 4. The predicted molar refractivity (Wildman–Crippen MR) is 452 cm³/mol. The summed E-state index contributed by atoms with van der Waals surface area (Å²) in [7, 11) is 0. The summed E-state index contributed by atoms with van der Waals surface area (Å²) >= 11 is 13.2. The normalized spacial score (nSPS) is 18.9. The molecular formula is C81H100Br4N18O15. The number of piperidine rings is 4. The molecule has 4 aromatic heterocycles. The molecule has 0 saturated carbocycles. The van der Waals surface area contributed by atoms with Crippen LogP contribution in [0.5, 0.6) is 11.5 Å². The lowest BCUT2D eigenvalue weighted by Crippen LogP contribution is -2.59. The molecule has 8 aliphatic heterocycles. The van der Waals surface area contributed by atoms with E-state index in [-0.39, 0.29) is 74.3 Å². The fourth-order valence-electron chi connectivity index (χ4n) is 16.2. The van der Waals surface area contributed by atoms with Gasteiger partial charge in [0.15, 0.2) is 0 Å². The number of rotatable bonds is 17. The molecule has 10 amide bonds. The van der Waals surface area contributed by atoms with E-state index in [0.29, 0.717) is 137 Å². The summed E-state index contributed by atoms with van der Waals surface area (Å²) in [4.78, 5) is 147. The number of hydrogen-bond donors (Lipinski definition) is 10. The average molecular weight is 1890 g/mol. The van der Waals surface area contributed by atoms with Gasteiger partial charge in [-0.05, 0) is 232 Å². The highest BCUT2D eigenvalue weighted by Gasteiger charge is 2.48. The largest absolute Gasteiger partial charge is 0.506 e. The number of urea groups is 2. The van der Waals surface area contributed by atoms with Gasteiger partial charge in [0.25, 0.3) is 0 Å². The Morgan fingerprint density at radius 1 is 0.534 bits per heavy atom. The summed E-state index contributed by atoms with van der Waals surface area (Å²) in [6.07, 6.45) is 15.1. The monoisotopic (exact) mass is 1880 g/mol. The number of carbonyl (C=O) groups excluding carboxylic acids is 8. The zero-order valence-corrected chi connectivity index (χ0v) is 72.2. The van der Waals surface area contributed by atoms with Crippen molar-refractivity contribution in [1.29, 1.82) is 0 Å². The van der Waals surface area contributed by atoms with E-state index in [1.165, 1.54) is 4.90 Å². The number of benzene rings is 2. The number of nitrogens with zero attached hydrogens (tertiary/aromatic N) is 11. The minimum Gasteiger partial charge on any atom is -0.506 e. The molecule has 2 aromatic carbocycles. The van der Waals surface area contributed by atoms with Crippen molar-refractivity contribution in [3.63, 3.8) is 0 Å². The molecule has 0 aliphatic carbocycles. The topological polar surface area (TPSA) is 414 Å². The third-order valence-corrected chi connectivity index (χ3v) is 25.0. The second-order valence-corrected chi connectivity index (χ2v) is 35.1. The van der Waals surface area contributed by atoms with Crippen LogP contribution in [0.3, 0.4) is 0 Å². The Morgan fingerprint density at radius 2 is 0.949 bits per heavy atom. The number of ether oxygens (including phenoxy) is 3. The van der Waals surface area contributed by atoms with Crippen LogP contribution in [0, 0.1) is 11.8 Å². The first-order valence-corrected chi connectivity index (χ1v) is 42.9. The number of likely N-dealkylation sites (tertiary alicyclic amines) is 3. The van der Waals surface area contributed by atoms with Crippen LogP contribution in [0.1, 0.15) is 107 Å². The second-order valence-electron chi connectivity index (χ2n) is 31.6. The third kappa shape index (κ3) is 22.4. The zero-order valence-electron chi connectivity index (χ0n) is 65.9. The second kappa shape index (κ2) is 39.5. The number of nitrogens with two attached hydrogens (primary N) is 1. The standard InChI is InChI=1S/C38H45Br2N9O6.C22H35N5O3.C21H20Br2N4O6/c39-28-20-25(21-29(40)32(28)50)23-30(45-36(53)49-14-7-38(8-15-49)27-2-1-9-43-33(27)46-37(54)55-38)34(51)44-31(22-24-3-10-41-11-4-24)35(52)48-18-16-47(17-19-48)26-5-12-42-13-6-26;1-22(2,3)30-21(29)27-10-6-17(7-11-27)16-19(23)20(28)26-14-12-25(13-15-26)18-4-8-24-9-5-18;22-13-8-11(9-14(23)16(13)28)10-15(18(29)30)25-19(31)27-6-3-21(4-7-27)12-2-1-5-24-17(12)26-20(32)33-21/h1-2,5-6,9,12-13,20-21,24,30-31,41,50H,3-4,7-8,10-11,14-19,22-23H2,(H,44,51)(H,45,53)(H,43,46,54);4-5,8-9,17,19H,6-7,10-16,23H2,1-3H3;1-2,5,8-9,15,28H,3-4,6-7,10H2,(H,25,31)(H,29,30)(H,24,26,32)/t30-,31+;19-;15-/m101/s1. The fourth-order valence-corrected chi connectivity index (χ4v) is 18.8. The lowest BCUT2D eigenvalue weighted by atomic mass is 9.83. The minimum absolute atomic E-state index is 0.00675. The Balaban J connectivity index is 0.000000174. The smallest absolute Gasteiger partial charge is 0.413 e. The van der Waals surface area contributed by atoms with E-state index >= 15 is 0 Å². The number of amides is 10. The van der Waals surface area contributed by atoms with Gasteiger partial charge in [0.1, 0.15) is 58.1 Å². The molecule has 11 N–H and O–H groups in total. The number of hydrogen-bond acceptors (Lipinski definition) is 22. The van der Waals surface area contributed by atoms with Crippen molar-refractivity contribution in [3.05, 3.63) is 150 Å². The van der Waals surface area contributed by atoms with Crippen molar-refractivity contribution in [3.8, 4) is 11.5 Å². The number of aromatic nitrogens is 4. The van der Waals surface area contributed by atoms with Crippen molar-refractivity contribution >= 4 is 141 Å². The molecule has 6 aromatic rings. The van der Waals surface area contributed by atoms with Gasteiger partial charge < -0.3 is 90.8 Å². The Bertz CT molecular complexity index is 4520. The number of anilines is 4. The molecule has 8 aliphatic rings. The van der Waals surface area contributed by atoms with Crippen LogP contribution in [-0.2, 0) is 57.4 Å². The first-order chi connectivity index (χ1) is 56.5. The van der Waals surface area contributed by atoms with E-state index < -0.39 is 77.1 Å². The molecule has 14 rings (SSSR count). The molecule has 0 bridgehead atoms. The van der Waals surface area contributed by atoms with Gasteiger partial charge in [-0.3, -0.25) is 35.0 Å². The molecule has 118 heavy (non-hydrogen) atoms. The maximum absolute atomic E-state index is 14.4. The Morgan fingerprint density at radius 3 is 1.38 bits per heavy atom. The maximum Gasteiger partial charge on any atom is 0.413 e. The molecule has 6 saturated heterocycles. The van der Waals surface area contributed by atoms with E-state index in [1.54, 1.807) is 83.4 Å². The molecule has 4 atom stereocenters.